The number of nitro groups is 1. The Morgan fingerprint density at radius 3 is 2.56 bits per heavy atom. The highest BCUT2D eigenvalue weighted by Crippen LogP contribution is 2.21. The molecule has 0 radical (unpaired) electrons. The molecule has 6 nitrogen and oxygen atoms in total. The first-order valence-electron chi connectivity index (χ1n) is 7.10. The molecule has 0 heterocycles. The van der Waals surface area contributed by atoms with Crippen molar-refractivity contribution in [3.63, 3.8) is 0 Å². The summed E-state index contributed by atoms with van der Waals surface area (Å²) in [6.45, 7) is 0. The minimum Gasteiger partial charge on any atom is -0.320 e. The van der Waals surface area contributed by atoms with Gasteiger partial charge in [0.05, 0.1) is 21.2 Å². The van der Waals surface area contributed by atoms with Crippen LogP contribution >= 0.6 is 11.6 Å². The number of hydrogen-bond acceptors (Lipinski definition) is 4. The average molecular weight is 354 g/mol. The van der Waals surface area contributed by atoms with Gasteiger partial charge in [0.25, 0.3) is 11.6 Å². The highest BCUT2D eigenvalue weighted by Gasteiger charge is 2.11. The van der Waals surface area contributed by atoms with Crippen molar-refractivity contribution >= 4 is 35.0 Å². The van der Waals surface area contributed by atoms with Gasteiger partial charge in [0.2, 0.25) is 0 Å². The van der Waals surface area contributed by atoms with Gasteiger partial charge in [-0.25, -0.2) is 0 Å². The molecule has 0 unspecified atom stereocenters. The molecule has 124 valence electrons. The first-order chi connectivity index (χ1) is 12.0. The molecule has 0 bridgehead atoms. The molecule has 1 N–H and O–H groups in total. The van der Waals surface area contributed by atoms with Gasteiger partial charge in [-0.15, -0.1) is 0 Å². The maximum Gasteiger partial charge on any atom is 0.276 e. The fourth-order valence-electron chi connectivity index (χ4n) is 1.96. The lowest BCUT2D eigenvalue weighted by atomic mass is 10.1. The van der Waals surface area contributed by atoms with Crippen molar-refractivity contribution < 1.29 is 9.72 Å². The number of nitro benzene ring substituents is 1. The van der Waals surface area contributed by atoms with E-state index in [9.17, 15) is 14.9 Å². The van der Waals surface area contributed by atoms with Crippen LogP contribution in [-0.4, -0.2) is 10.8 Å². The first kappa shape index (κ1) is 17.9. The van der Waals surface area contributed by atoms with Gasteiger partial charge in [-0.05, 0) is 30.4 Å². The minimum absolute atomic E-state index is 0.0637. The van der Waals surface area contributed by atoms with E-state index >= 15 is 0 Å². The number of rotatable bonds is 5. The summed E-state index contributed by atoms with van der Waals surface area (Å²) in [5.74, 6) is -0.622. The van der Waals surface area contributed by atoms with E-state index in [1.54, 1.807) is 48.5 Å². The van der Waals surface area contributed by atoms with Gasteiger partial charge in [0.1, 0.15) is 11.6 Å². The van der Waals surface area contributed by atoms with Crippen LogP contribution in [0.2, 0.25) is 5.02 Å². The molecule has 0 saturated carbocycles. The number of carbonyl (C=O) groups excluding carboxylic acids is 1. The number of hydrogen-bond donors (Lipinski definition) is 1. The van der Waals surface area contributed by atoms with Gasteiger partial charge in [-0.3, -0.25) is 14.9 Å². The Labute approximate surface area is 148 Å². The lowest BCUT2D eigenvalue weighted by Gasteiger charge is -2.05. The van der Waals surface area contributed by atoms with Crippen LogP contribution in [0.25, 0.3) is 6.08 Å². The average Bonchev–Trinajstić information content (AvgIpc) is 2.61. The number of carbonyl (C=O) groups is 1. The summed E-state index contributed by atoms with van der Waals surface area (Å²) in [6, 6.07) is 14.6. The van der Waals surface area contributed by atoms with Crippen LogP contribution in [0.1, 0.15) is 5.56 Å². The summed E-state index contributed by atoms with van der Waals surface area (Å²) in [5.41, 5.74) is 0.534. The summed E-state index contributed by atoms with van der Waals surface area (Å²) >= 11 is 5.95. The molecule has 0 saturated heterocycles. The predicted molar refractivity (Wildman–Crippen MR) is 95.9 cm³/mol. The Kier molecular flexibility index (Phi) is 6.04. The second-order valence-electron chi connectivity index (χ2n) is 4.80. The number of nitriles is 1. The van der Waals surface area contributed by atoms with Crippen molar-refractivity contribution in [2.24, 2.45) is 0 Å². The molecule has 2 rings (SSSR count). The van der Waals surface area contributed by atoms with Crippen molar-refractivity contribution in [3.8, 4) is 6.07 Å². The third kappa shape index (κ3) is 4.77. The van der Waals surface area contributed by atoms with E-state index in [2.05, 4.69) is 5.32 Å². The first-order valence-corrected chi connectivity index (χ1v) is 7.48. The minimum atomic E-state index is -0.622. The van der Waals surface area contributed by atoms with Crippen molar-refractivity contribution in [3.05, 3.63) is 87.0 Å². The van der Waals surface area contributed by atoms with Crippen molar-refractivity contribution in [2.75, 3.05) is 5.32 Å². The van der Waals surface area contributed by atoms with Crippen molar-refractivity contribution in [1.82, 2.24) is 0 Å². The topological polar surface area (TPSA) is 96.0 Å². The van der Waals surface area contributed by atoms with Crippen LogP contribution < -0.4 is 5.32 Å². The zero-order valence-corrected chi connectivity index (χ0v) is 13.6. The maximum atomic E-state index is 12.1. The highest BCUT2D eigenvalue weighted by molar-refractivity contribution is 6.33. The third-order valence-electron chi connectivity index (χ3n) is 3.16. The quantitative estimate of drug-likeness (QED) is 0.284. The van der Waals surface area contributed by atoms with Gasteiger partial charge in [0, 0.05) is 6.07 Å². The second kappa shape index (κ2) is 8.43. The van der Waals surface area contributed by atoms with E-state index < -0.39 is 10.8 Å². The monoisotopic (exact) mass is 353 g/mol. The van der Waals surface area contributed by atoms with Crippen LogP contribution in [0, 0.1) is 21.4 Å². The summed E-state index contributed by atoms with van der Waals surface area (Å²) in [4.78, 5) is 22.6. The molecule has 2 aromatic carbocycles. The number of amides is 1. The predicted octanol–water partition coefficient (Wildman–Crippen LogP) is 4.35. The molecule has 1 amide bonds. The molecular weight excluding hydrogens is 342 g/mol. The van der Waals surface area contributed by atoms with Gasteiger partial charge >= 0.3 is 0 Å². The number of anilines is 1. The fraction of sp³-hybridized carbons (Fsp3) is 0. The molecular formula is C18H12ClN3O3. The normalized spacial score (nSPS) is 11.1. The van der Waals surface area contributed by atoms with Gasteiger partial charge in [0.15, 0.2) is 0 Å². The van der Waals surface area contributed by atoms with Crippen LogP contribution in [0.3, 0.4) is 0 Å². The molecule has 0 spiro atoms. The van der Waals surface area contributed by atoms with E-state index in [1.807, 2.05) is 0 Å². The number of nitrogens with zero attached hydrogens (tertiary/aromatic N) is 2. The number of benzene rings is 2. The van der Waals surface area contributed by atoms with E-state index in [1.165, 1.54) is 24.3 Å². The second-order valence-corrected chi connectivity index (χ2v) is 5.21. The standard InChI is InChI=1S/C18H12ClN3O3/c19-15-9-2-3-10-16(15)21-18(23)14(12-20)8-5-7-13-6-1-4-11-17(13)22(24)25/h1-11H,(H,21,23)/b7-5+,14-8-. The summed E-state index contributed by atoms with van der Waals surface area (Å²) in [6.07, 6.45) is 4.15. The molecule has 0 aromatic heterocycles. The molecule has 0 aliphatic carbocycles. The van der Waals surface area contributed by atoms with Gasteiger partial charge < -0.3 is 5.32 Å². The summed E-state index contributed by atoms with van der Waals surface area (Å²) in [5, 5.41) is 23.0. The Balaban J connectivity index is 2.18. The zero-order chi connectivity index (χ0) is 18.2. The number of nitrogens with one attached hydrogen (secondary N) is 1. The Morgan fingerprint density at radius 2 is 1.88 bits per heavy atom. The molecule has 0 aliphatic rings. The summed E-state index contributed by atoms with van der Waals surface area (Å²) < 4.78 is 0. The SMILES string of the molecule is N#C/C(=C/C=C/c1ccccc1[N+](=O)[O-])C(=O)Nc1ccccc1Cl. The largest absolute Gasteiger partial charge is 0.320 e. The third-order valence-corrected chi connectivity index (χ3v) is 3.49. The van der Waals surface area contributed by atoms with Crippen LogP contribution in [0.15, 0.2) is 66.3 Å². The van der Waals surface area contributed by atoms with Gasteiger partial charge in [-0.1, -0.05) is 41.9 Å². The maximum absolute atomic E-state index is 12.1. The van der Waals surface area contributed by atoms with Gasteiger partial charge in [-0.2, -0.15) is 5.26 Å². The Bertz CT molecular complexity index is 914. The highest BCUT2D eigenvalue weighted by atomic mass is 35.5. The molecule has 7 heteroatoms. The molecule has 0 fully saturated rings. The lowest BCUT2D eigenvalue weighted by Crippen LogP contribution is -2.13. The Morgan fingerprint density at radius 1 is 1.20 bits per heavy atom. The number of allylic oxidation sites excluding steroid dienone is 2. The molecule has 25 heavy (non-hydrogen) atoms. The van der Waals surface area contributed by atoms with E-state index in [0.29, 0.717) is 16.3 Å². The van der Waals surface area contributed by atoms with Crippen LogP contribution in [-0.2, 0) is 4.79 Å². The molecule has 0 atom stereocenters. The smallest absolute Gasteiger partial charge is 0.276 e. The van der Waals surface area contributed by atoms with Crippen molar-refractivity contribution in [1.29, 1.82) is 5.26 Å². The molecule has 2 aromatic rings. The van der Waals surface area contributed by atoms with E-state index in [-0.39, 0.29) is 11.3 Å². The molecule has 0 aliphatic heterocycles. The van der Waals surface area contributed by atoms with Crippen LogP contribution in [0.4, 0.5) is 11.4 Å². The van der Waals surface area contributed by atoms with E-state index in [4.69, 9.17) is 16.9 Å². The van der Waals surface area contributed by atoms with Crippen molar-refractivity contribution in [2.45, 2.75) is 0 Å². The fourth-order valence-corrected chi connectivity index (χ4v) is 2.14. The Hall–Kier alpha value is -3.43. The number of para-hydroxylation sites is 2. The lowest BCUT2D eigenvalue weighted by molar-refractivity contribution is -0.385. The summed E-state index contributed by atoms with van der Waals surface area (Å²) in [7, 11) is 0. The van der Waals surface area contributed by atoms with E-state index in [0.717, 1.165) is 0 Å². The number of halogens is 1. The zero-order valence-electron chi connectivity index (χ0n) is 12.8. The van der Waals surface area contributed by atoms with Crippen LogP contribution in [0.5, 0.6) is 0 Å².